The summed E-state index contributed by atoms with van der Waals surface area (Å²) >= 11 is 1.64. The van der Waals surface area contributed by atoms with Crippen LogP contribution in [0, 0.1) is 0 Å². The molecule has 1 rings (SSSR count). The van der Waals surface area contributed by atoms with E-state index in [9.17, 15) is 4.79 Å². The summed E-state index contributed by atoms with van der Waals surface area (Å²) in [6.07, 6.45) is 1.91. The normalized spacial score (nSPS) is 11.6. The lowest BCUT2D eigenvalue weighted by atomic mass is 10.2. The molecule has 1 heterocycles. The highest BCUT2D eigenvalue weighted by Crippen LogP contribution is 2.13. The van der Waals surface area contributed by atoms with Gasteiger partial charge in [-0.2, -0.15) is 0 Å². The lowest BCUT2D eigenvalue weighted by molar-refractivity contribution is -0.113. The molecule has 11 heavy (non-hydrogen) atoms. The largest absolute Gasteiger partial charge is 0.295 e. The molecule has 0 aliphatic rings. The molecule has 0 saturated heterocycles. The van der Waals surface area contributed by atoms with Crippen molar-refractivity contribution in [2.24, 2.45) is 0 Å². The van der Waals surface area contributed by atoms with Crippen molar-refractivity contribution in [3.63, 3.8) is 0 Å². The van der Waals surface area contributed by atoms with Crippen LogP contribution in [0.4, 0.5) is 0 Å². The molecular weight excluding hydrogens is 156 g/mol. The molecule has 0 atom stereocenters. The fraction of sp³-hybridized carbons (Fsp3) is 0.222. The zero-order valence-electron chi connectivity index (χ0n) is 6.63. The Labute approximate surface area is 70.4 Å². The van der Waals surface area contributed by atoms with E-state index in [1.165, 1.54) is 0 Å². The second-order valence-corrected chi connectivity index (χ2v) is 3.38. The number of ketones is 1. The van der Waals surface area contributed by atoms with Gasteiger partial charge in [-0.3, -0.25) is 4.79 Å². The van der Waals surface area contributed by atoms with E-state index < -0.39 is 0 Å². The van der Waals surface area contributed by atoms with Crippen LogP contribution in [0.2, 0.25) is 0 Å². The first-order valence-electron chi connectivity index (χ1n) is 3.43. The van der Waals surface area contributed by atoms with Crippen molar-refractivity contribution in [3.8, 4) is 0 Å². The molecule has 0 spiro atoms. The van der Waals surface area contributed by atoms with E-state index >= 15 is 0 Å². The SMILES string of the molecule is CC(=O)/C(C)=C/c1cccs1. The summed E-state index contributed by atoms with van der Waals surface area (Å²) in [7, 11) is 0. The summed E-state index contributed by atoms with van der Waals surface area (Å²) in [6, 6.07) is 3.97. The van der Waals surface area contributed by atoms with Crippen molar-refractivity contribution in [2.45, 2.75) is 13.8 Å². The van der Waals surface area contributed by atoms with Gasteiger partial charge in [0.15, 0.2) is 5.78 Å². The number of carbonyl (C=O) groups excluding carboxylic acids is 1. The standard InChI is InChI=1S/C9H10OS/c1-7(8(2)10)6-9-4-3-5-11-9/h3-6H,1-2H3/b7-6+. The smallest absolute Gasteiger partial charge is 0.155 e. The van der Waals surface area contributed by atoms with E-state index in [1.807, 2.05) is 30.5 Å². The first kappa shape index (κ1) is 8.21. The second kappa shape index (κ2) is 3.49. The van der Waals surface area contributed by atoms with Crippen LogP contribution in [0.15, 0.2) is 23.1 Å². The molecule has 0 N–H and O–H groups in total. The molecule has 1 nitrogen and oxygen atoms in total. The Hall–Kier alpha value is -0.890. The molecule has 0 saturated carbocycles. The van der Waals surface area contributed by atoms with Crippen LogP contribution in [0.3, 0.4) is 0 Å². The Morgan fingerprint density at radius 1 is 1.55 bits per heavy atom. The van der Waals surface area contributed by atoms with Crippen molar-refractivity contribution >= 4 is 23.2 Å². The highest BCUT2D eigenvalue weighted by molar-refractivity contribution is 7.10. The van der Waals surface area contributed by atoms with Gasteiger partial charge in [0.25, 0.3) is 0 Å². The maximum Gasteiger partial charge on any atom is 0.155 e. The van der Waals surface area contributed by atoms with Crippen LogP contribution >= 0.6 is 11.3 Å². The van der Waals surface area contributed by atoms with Crippen LogP contribution in [-0.2, 0) is 4.79 Å². The lowest BCUT2D eigenvalue weighted by Gasteiger charge is -1.90. The summed E-state index contributed by atoms with van der Waals surface area (Å²) in [5.41, 5.74) is 0.812. The Balaban J connectivity index is 2.82. The zero-order chi connectivity index (χ0) is 8.27. The number of hydrogen-bond acceptors (Lipinski definition) is 2. The van der Waals surface area contributed by atoms with Gasteiger partial charge in [-0.25, -0.2) is 0 Å². The van der Waals surface area contributed by atoms with Crippen LogP contribution < -0.4 is 0 Å². The van der Waals surface area contributed by atoms with Gasteiger partial charge in [-0.05, 0) is 36.9 Å². The molecule has 1 aromatic rings. The molecule has 0 unspecified atom stereocenters. The van der Waals surface area contributed by atoms with E-state index in [4.69, 9.17) is 0 Å². The van der Waals surface area contributed by atoms with Crippen molar-refractivity contribution in [1.29, 1.82) is 0 Å². The lowest BCUT2D eigenvalue weighted by Crippen LogP contribution is -1.89. The van der Waals surface area contributed by atoms with Crippen LogP contribution in [0.1, 0.15) is 18.7 Å². The fourth-order valence-corrected chi connectivity index (χ4v) is 1.40. The molecule has 0 fully saturated rings. The number of Topliss-reactive ketones (excluding diaryl/α,β-unsaturated/α-hetero) is 1. The minimum Gasteiger partial charge on any atom is -0.295 e. The number of rotatable bonds is 2. The van der Waals surface area contributed by atoms with Crippen LogP contribution in [0.5, 0.6) is 0 Å². The summed E-state index contributed by atoms with van der Waals surface area (Å²) in [5, 5.41) is 2.00. The predicted octanol–water partition coefficient (Wildman–Crippen LogP) is 2.74. The highest BCUT2D eigenvalue weighted by Gasteiger charge is 1.95. The van der Waals surface area contributed by atoms with Gasteiger partial charge < -0.3 is 0 Å². The van der Waals surface area contributed by atoms with Gasteiger partial charge in [0.2, 0.25) is 0 Å². The number of carbonyl (C=O) groups is 1. The molecule has 0 radical (unpaired) electrons. The minimum atomic E-state index is 0.137. The Bertz CT molecular complexity index is 270. The molecular formula is C9H10OS. The summed E-state index contributed by atoms with van der Waals surface area (Å²) in [5.74, 6) is 0.137. The van der Waals surface area contributed by atoms with Crippen LogP contribution in [-0.4, -0.2) is 5.78 Å². The summed E-state index contributed by atoms with van der Waals surface area (Å²) in [6.45, 7) is 3.42. The van der Waals surface area contributed by atoms with Crippen LogP contribution in [0.25, 0.3) is 6.08 Å². The third-order valence-electron chi connectivity index (χ3n) is 1.46. The maximum atomic E-state index is 10.8. The van der Waals surface area contributed by atoms with Crippen molar-refractivity contribution in [3.05, 3.63) is 28.0 Å². The molecule has 58 valence electrons. The topological polar surface area (TPSA) is 17.1 Å². The highest BCUT2D eigenvalue weighted by atomic mass is 32.1. The summed E-state index contributed by atoms with van der Waals surface area (Å²) < 4.78 is 0. The third-order valence-corrected chi connectivity index (χ3v) is 2.28. The van der Waals surface area contributed by atoms with Gasteiger partial charge in [-0.1, -0.05) is 6.07 Å². The van der Waals surface area contributed by atoms with Crippen molar-refractivity contribution < 1.29 is 4.79 Å². The molecule has 0 bridgehead atoms. The fourth-order valence-electron chi connectivity index (χ4n) is 0.688. The zero-order valence-corrected chi connectivity index (χ0v) is 7.44. The van der Waals surface area contributed by atoms with E-state index in [2.05, 4.69) is 0 Å². The van der Waals surface area contributed by atoms with E-state index in [0.29, 0.717) is 0 Å². The van der Waals surface area contributed by atoms with Gasteiger partial charge in [0.05, 0.1) is 0 Å². The Morgan fingerprint density at radius 3 is 2.73 bits per heavy atom. The van der Waals surface area contributed by atoms with Crippen molar-refractivity contribution in [2.75, 3.05) is 0 Å². The first-order chi connectivity index (χ1) is 5.20. The maximum absolute atomic E-state index is 10.8. The molecule has 2 heteroatoms. The molecule has 0 aliphatic carbocycles. The molecule has 0 aromatic carbocycles. The number of hydrogen-bond donors (Lipinski definition) is 0. The Morgan fingerprint density at radius 2 is 2.27 bits per heavy atom. The van der Waals surface area contributed by atoms with Gasteiger partial charge in [0.1, 0.15) is 0 Å². The van der Waals surface area contributed by atoms with E-state index in [0.717, 1.165) is 10.5 Å². The predicted molar refractivity (Wildman–Crippen MR) is 48.7 cm³/mol. The van der Waals surface area contributed by atoms with Gasteiger partial charge >= 0.3 is 0 Å². The van der Waals surface area contributed by atoms with Gasteiger partial charge in [0, 0.05) is 4.88 Å². The molecule has 1 aromatic heterocycles. The summed E-state index contributed by atoms with van der Waals surface area (Å²) in [4.78, 5) is 11.9. The van der Waals surface area contributed by atoms with Crippen molar-refractivity contribution in [1.82, 2.24) is 0 Å². The number of allylic oxidation sites excluding steroid dienone is 1. The van der Waals surface area contributed by atoms with E-state index in [-0.39, 0.29) is 5.78 Å². The number of thiophene rings is 1. The second-order valence-electron chi connectivity index (χ2n) is 2.40. The Kier molecular flexibility index (Phi) is 2.60. The molecule has 0 amide bonds. The monoisotopic (exact) mass is 166 g/mol. The minimum absolute atomic E-state index is 0.137. The molecule has 0 aliphatic heterocycles. The average molecular weight is 166 g/mol. The van der Waals surface area contributed by atoms with Gasteiger partial charge in [-0.15, -0.1) is 11.3 Å². The van der Waals surface area contributed by atoms with E-state index in [1.54, 1.807) is 18.3 Å². The quantitative estimate of drug-likeness (QED) is 0.617. The first-order valence-corrected chi connectivity index (χ1v) is 4.31. The third kappa shape index (κ3) is 2.31. The average Bonchev–Trinajstić information content (AvgIpc) is 2.39.